The highest BCUT2D eigenvalue weighted by atomic mass is 35.5. The van der Waals surface area contributed by atoms with Gasteiger partial charge in [0.25, 0.3) is 0 Å². The zero-order chi connectivity index (χ0) is 14.5. The van der Waals surface area contributed by atoms with Gasteiger partial charge in [-0.05, 0) is 31.5 Å². The first-order valence-corrected chi connectivity index (χ1v) is 7.29. The monoisotopic (exact) mass is 296 g/mol. The predicted molar refractivity (Wildman–Crippen MR) is 79.7 cm³/mol. The highest BCUT2D eigenvalue weighted by molar-refractivity contribution is 6.30. The van der Waals surface area contributed by atoms with Crippen LogP contribution in [0.1, 0.15) is 19.4 Å². The van der Waals surface area contributed by atoms with Crippen molar-refractivity contribution in [3.63, 3.8) is 0 Å². The highest BCUT2D eigenvalue weighted by Gasteiger charge is 2.23. The van der Waals surface area contributed by atoms with Crippen LogP contribution < -0.4 is 5.32 Å². The lowest BCUT2D eigenvalue weighted by Gasteiger charge is -2.34. The lowest BCUT2D eigenvalue weighted by Crippen LogP contribution is -2.49. The molecule has 5 heteroatoms. The second-order valence-corrected chi connectivity index (χ2v) is 5.79. The number of halogens is 1. The fourth-order valence-electron chi connectivity index (χ4n) is 2.48. The summed E-state index contributed by atoms with van der Waals surface area (Å²) in [5.74, 6) is 0.0428. The number of hydrogen-bond acceptors (Lipinski definition) is 3. The smallest absolute Gasteiger partial charge is 0.234 e. The van der Waals surface area contributed by atoms with E-state index in [1.54, 1.807) is 0 Å². The van der Waals surface area contributed by atoms with Crippen LogP contribution in [0, 0.1) is 0 Å². The fraction of sp³-hybridized carbons (Fsp3) is 0.533. The van der Waals surface area contributed by atoms with Crippen LogP contribution in [0.4, 0.5) is 0 Å². The SMILES string of the molecule is C[C@@H]1CN(CC(=O)NCc2ccc(Cl)cc2)C[C@@H](C)O1. The van der Waals surface area contributed by atoms with Crippen LogP contribution in [0.15, 0.2) is 24.3 Å². The third-order valence-corrected chi connectivity index (χ3v) is 3.52. The molecule has 1 N–H and O–H groups in total. The second kappa shape index (κ2) is 7.07. The van der Waals surface area contributed by atoms with Crippen molar-refractivity contribution in [1.82, 2.24) is 10.2 Å². The predicted octanol–water partition coefficient (Wildman–Crippen LogP) is 2.07. The molecule has 1 aliphatic rings. The van der Waals surface area contributed by atoms with Crippen molar-refractivity contribution in [3.05, 3.63) is 34.9 Å². The Bertz CT molecular complexity index is 440. The Hall–Kier alpha value is -1.10. The molecule has 0 bridgehead atoms. The van der Waals surface area contributed by atoms with Crippen LogP contribution in [0.2, 0.25) is 5.02 Å². The molecule has 1 fully saturated rings. The molecule has 0 aromatic heterocycles. The molecular weight excluding hydrogens is 276 g/mol. The molecule has 110 valence electrons. The Balaban J connectivity index is 1.76. The molecule has 0 spiro atoms. The van der Waals surface area contributed by atoms with Crippen molar-refractivity contribution >= 4 is 17.5 Å². The van der Waals surface area contributed by atoms with Gasteiger partial charge in [0.05, 0.1) is 18.8 Å². The lowest BCUT2D eigenvalue weighted by atomic mass is 10.2. The van der Waals surface area contributed by atoms with Gasteiger partial charge in [-0.3, -0.25) is 9.69 Å². The van der Waals surface area contributed by atoms with Crippen molar-refractivity contribution in [2.24, 2.45) is 0 Å². The maximum Gasteiger partial charge on any atom is 0.234 e. The first kappa shape index (κ1) is 15.3. The van der Waals surface area contributed by atoms with E-state index >= 15 is 0 Å². The third kappa shape index (κ3) is 4.78. The molecule has 1 heterocycles. The van der Waals surface area contributed by atoms with E-state index in [1.807, 2.05) is 38.1 Å². The summed E-state index contributed by atoms with van der Waals surface area (Å²) in [5, 5.41) is 3.64. The van der Waals surface area contributed by atoms with E-state index in [9.17, 15) is 4.79 Å². The molecule has 1 aromatic rings. The zero-order valence-corrected chi connectivity index (χ0v) is 12.7. The number of rotatable bonds is 4. The first-order valence-electron chi connectivity index (χ1n) is 6.92. The maximum absolute atomic E-state index is 11.9. The van der Waals surface area contributed by atoms with Gasteiger partial charge in [-0.2, -0.15) is 0 Å². The van der Waals surface area contributed by atoms with E-state index in [4.69, 9.17) is 16.3 Å². The van der Waals surface area contributed by atoms with Crippen LogP contribution in [-0.4, -0.2) is 42.6 Å². The van der Waals surface area contributed by atoms with Gasteiger partial charge in [-0.25, -0.2) is 0 Å². The van der Waals surface area contributed by atoms with Gasteiger partial charge >= 0.3 is 0 Å². The van der Waals surface area contributed by atoms with Crippen LogP contribution in [0.3, 0.4) is 0 Å². The maximum atomic E-state index is 11.9. The van der Waals surface area contributed by atoms with Crippen molar-refractivity contribution in [3.8, 4) is 0 Å². The van der Waals surface area contributed by atoms with E-state index in [0.29, 0.717) is 18.1 Å². The molecule has 2 atom stereocenters. The van der Waals surface area contributed by atoms with E-state index in [1.165, 1.54) is 0 Å². The summed E-state index contributed by atoms with van der Waals surface area (Å²) in [4.78, 5) is 14.1. The topological polar surface area (TPSA) is 41.6 Å². The number of benzene rings is 1. The second-order valence-electron chi connectivity index (χ2n) is 5.35. The molecule has 20 heavy (non-hydrogen) atoms. The summed E-state index contributed by atoms with van der Waals surface area (Å²) in [6.45, 7) is 6.64. The number of hydrogen-bond donors (Lipinski definition) is 1. The van der Waals surface area contributed by atoms with E-state index < -0.39 is 0 Å². The fourth-order valence-corrected chi connectivity index (χ4v) is 2.60. The number of morpholine rings is 1. The van der Waals surface area contributed by atoms with Gasteiger partial charge in [-0.15, -0.1) is 0 Å². The minimum absolute atomic E-state index is 0.0428. The summed E-state index contributed by atoms with van der Waals surface area (Å²) >= 11 is 5.82. The molecule has 0 saturated carbocycles. The van der Waals surface area contributed by atoms with E-state index in [-0.39, 0.29) is 18.1 Å². The number of nitrogens with zero attached hydrogens (tertiary/aromatic N) is 1. The molecule has 0 unspecified atom stereocenters. The summed E-state index contributed by atoms with van der Waals surface area (Å²) in [7, 11) is 0. The first-order chi connectivity index (χ1) is 9.52. The Morgan fingerprint density at radius 3 is 2.50 bits per heavy atom. The minimum Gasteiger partial charge on any atom is -0.373 e. The molecule has 1 aliphatic heterocycles. The Morgan fingerprint density at radius 1 is 1.30 bits per heavy atom. The molecule has 1 aromatic carbocycles. The van der Waals surface area contributed by atoms with Crippen molar-refractivity contribution in [1.29, 1.82) is 0 Å². The van der Waals surface area contributed by atoms with Crippen molar-refractivity contribution in [2.45, 2.75) is 32.6 Å². The number of ether oxygens (including phenoxy) is 1. The lowest BCUT2D eigenvalue weighted by molar-refractivity contribution is -0.126. The minimum atomic E-state index is 0.0428. The van der Waals surface area contributed by atoms with Crippen molar-refractivity contribution in [2.75, 3.05) is 19.6 Å². The van der Waals surface area contributed by atoms with Crippen molar-refractivity contribution < 1.29 is 9.53 Å². The average Bonchev–Trinajstić information content (AvgIpc) is 2.37. The number of carbonyl (C=O) groups excluding carboxylic acids is 1. The number of nitrogens with one attached hydrogen (secondary N) is 1. The van der Waals surface area contributed by atoms with Gasteiger partial charge in [-0.1, -0.05) is 23.7 Å². The Morgan fingerprint density at radius 2 is 1.90 bits per heavy atom. The molecule has 0 radical (unpaired) electrons. The third-order valence-electron chi connectivity index (χ3n) is 3.27. The standard InChI is InChI=1S/C15H21ClN2O2/c1-11-8-18(9-12(2)20-11)10-15(19)17-7-13-3-5-14(16)6-4-13/h3-6,11-12H,7-10H2,1-2H3,(H,17,19)/t11-,12-/m1/s1. The summed E-state index contributed by atoms with van der Waals surface area (Å²) in [6, 6.07) is 7.49. The quantitative estimate of drug-likeness (QED) is 0.925. The van der Waals surface area contributed by atoms with Gasteiger partial charge in [0.15, 0.2) is 0 Å². The molecule has 1 amide bonds. The summed E-state index contributed by atoms with van der Waals surface area (Å²) in [6.07, 6.45) is 0.366. The van der Waals surface area contributed by atoms with Gasteiger partial charge in [0.2, 0.25) is 5.91 Å². The number of amides is 1. The van der Waals surface area contributed by atoms with Crippen LogP contribution in [-0.2, 0) is 16.1 Å². The molecular formula is C15H21ClN2O2. The Kier molecular flexibility index (Phi) is 5.40. The Labute approximate surface area is 125 Å². The zero-order valence-electron chi connectivity index (χ0n) is 11.9. The van der Waals surface area contributed by atoms with Gasteiger partial charge in [0, 0.05) is 24.7 Å². The van der Waals surface area contributed by atoms with E-state index in [0.717, 1.165) is 18.7 Å². The summed E-state index contributed by atoms with van der Waals surface area (Å²) < 4.78 is 5.65. The van der Waals surface area contributed by atoms with Crippen LogP contribution in [0.25, 0.3) is 0 Å². The molecule has 2 rings (SSSR count). The van der Waals surface area contributed by atoms with Crippen LogP contribution >= 0.6 is 11.6 Å². The summed E-state index contributed by atoms with van der Waals surface area (Å²) in [5.41, 5.74) is 1.05. The van der Waals surface area contributed by atoms with Gasteiger partial charge in [0.1, 0.15) is 0 Å². The molecule has 1 saturated heterocycles. The molecule has 4 nitrogen and oxygen atoms in total. The van der Waals surface area contributed by atoms with E-state index in [2.05, 4.69) is 10.2 Å². The average molecular weight is 297 g/mol. The molecule has 0 aliphatic carbocycles. The van der Waals surface area contributed by atoms with Crippen LogP contribution in [0.5, 0.6) is 0 Å². The van der Waals surface area contributed by atoms with Gasteiger partial charge < -0.3 is 10.1 Å². The normalized spacial score (nSPS) is 23.6. The largest absolute Gasteiger partial charge is 0.373 e. The highest BCUT2D eigenvalue weighted by Crippen LogP contribution is 2.11. The number of carbonyl (C=O) groups is 1.